The van der Waals surface area contributed by atoms with E-state index in [1.54, 1.807) is 0 Å². The van der Waals surface area contributed by atoms with Gasteiger partial charge < -0.3 is 5.32 Å². The Kier molecular flexibility index (Phi) is 3.01. The summed E-state index contributed by atoms with van der Waals surface area (Å²) in [6.07, 6.45) is 3.96. The fraction of sp³-hybridized carbons (Fsp3) is 0.455. The zero-order valence-electron chi connectivity index (χ0n) is 7.59. The van der Waals surface area contributed by atoms with Crippen LogP contribution in [0.2, 0.25) is 0 Å². The molecule has 13 heavy (non-hydrogen) atoms. The number of halogens is 1. The standard InChI is InChI=1S/C11H14BrN/c12-10-6-4-9(5-7-10)11-3-1-2-8-13-11/h4-7,11,13H,1-3,8H2/t11-/m0/s1. The highest BCUT2D eigenvalue weighted by atomic mass is 79.9. The summed E-state index contributed by atoms with van der Waals surface area (Å²) in [5.74, 6) is 0. The summed E-state index contributed by atoms with van der Waals surface area (Å²) in [5, 5.41) is 3.54. The van der Waals surface area contributed by atoms with Gasteiger partial charge in [-0.15, -0.1) is 0 Å². The van der Waals surface area contributed by atoms with E-state index >= 15 is 0 Å². The van der Waals surface area contributed by atoms with Crippen molar-refractivity contribution in [1.29, 1.82) is 0 Å². The Balaban J connectivity index is 2.10. The molecule has 1 nitrogen and oxygen atoms in total. The van der Waals surface area contributed by atoms with Gasteiger partial charge in [0.2, 0.25) is 0 Å². The molecular weight excluding hydrogens is 226 g/mol. The lowest BCUT2D eigenvalue weighted by Crippen LogP contribution is -2.26. The van der Waals surface area contributed by atoms with Crippen molar-refractivity contribution < 1.29 is 0 Å². The number of piperidine rings is 1. The van der Waals surface area contributed by atoms with Gasteiger partial charge in [0, 0.05) is 10.5 Å². The predicted molar refractivity (Wildman–Crippen MR) is 58.7 cm³/mol. The van der Waals surface area contributed by atoms with Gasteiger partial charge in [-0.1, -0.05) is 34.5 Å². The van der Waals surface area contributed by atoms with Crippen LogP contribution in [0.3, 0.4) is 0 Å². The highest BCUT2D eigenvalue weighted by Crippen LogP contribution is 2.23. The summed E-state index contributed by atoms with van der Waals surface area (Å²) >= 11 is 3.45. The number of hydrogen-bond acceptors (Lipinski definition) is 1. The van der Waals surface area contributed by atoms with Crippen molar-refractivity contribution in [2.24, 2.45) is 0 Å². The van der Waals surface area contributed by atoms with Gasteiger partial charge in [-0.25, -0.2) is 0 Å². The molecule has 0 radical (unpaired) electrons. The fourth-order valence-electron chi connectivity index (χ4n) is 1.83. The molecule has 70 valence electrons. The van der Waals surface area contributed by atoms with Crippen LogP contribution in [0.15, 0.2) is 28.7 Å². The maximum atomic E-state index is 3.54. The second-order valence-corrected chi connectivity index (χ2v) is 4.47. The SMILES string of the molecule is Brc1ccc([C@@H]2CCCCN2)cc1. The van der Waals surface area contributed by atoms with E-state index in [1.165, 1.54) is 31.4 Å². The molecule has 0 saturated carbocycles. The second kappa shape index (κ2) is 4.25. The van der Waals surface area contributed by atoms with Crippen molar-refractivity contribution in [2.75, 3.05) is 6.54 Å². The van der Waals surface area contributed by atoms with Crippen LogP contribution in [0, 0.1) is 0 Å². The fourth-order valence-corrected chi connectivity index (χ4v) is 2.10. The lowest BCUT2D eigenvalue weighted by Gasteiger charge is -2.23. The second-order valence-electron chi connectivity index (χ2n) is 3.55. The minimum Gasteiger partial charge on any atom is -0.310 e. The van der Waals surface area contributed by atoms with E-state index in [9.17, 15) is 0 Å². The smallest absolute Gasteiger partial charge is 0.0320 e. The van der Waals surface area contributed by atoms with E-state index in [1.807, 2.05) is 0 Å². The molecule has 1 heterocycles. The monoisotopic (exact) mass is 239 g/mol. The first-order valence-corrected chi connectivity index (χ1v) is 5.64. The maximum absolute atomic E-state index is 3.54. The van der Waals surface area contributed by atoms with Gasteiger partial charge in [0.1, 0.15) is 0 Å². The number of rotatable bonds is 1. The third-order valence-electron chi connectivity index (χ3n) is 2.58. The molecule has 0 aromatic heterocycles. The van der Waals surface area contributed by atoms with Crippen molar-refractivity contribution >= 4 is 15.9 Å². The zero-order valence-corrected chi connectivity index (χ0v) is 9.18. The molecule has 1 aliphatic heterocycles. The average Bonchev–Trinajstić information content (AvgIpc) is 2.20. The average molecular weight is 240 g/mol. The van der Waals surface area contributed by atoms with Gasteiger partial charge >= 0.3 is 0 Å². The first-order valence-electron chi connectivity index (χ1n) is 4.85. The van der Waals surface area contributed by atoms with Crippen LogP contribution in [-0.2, 0) is 0 Å². The molecule has 1 fully saturated rings. The first-order chi connectivity index (χ1) is 6.36. The summed E-state index contributed by atoms with van der Waals surface area (Å²) in [6, 6.07) is 9.22. The molecule has 1 aromatic carbocycles. The Hall–Kier alpha value is -0.340. The normalized spacial score (nSPS) is 23.0. The minimum absolute atomic E-state index is 0.585. The number of nitrogens with one attached hydrogen (secondary N) is 1. The lowest BCUT2D eigenvalue weighted by atomic mass is 9.98. The van der Waals surface area contributed by atoms with Gasteiger partial charge in [-0.05, 0) is 37.1 Å². The maximum Gasteiger partial charge on any atom is 0.0320 e. The van der Waals surface area contributed by atoms with Crippen molar-refractivity contribution in [2.45, 2.75) is 25.3 Å². The van der Waals surface area contributed by atoms with E-state index in [2.05, 4.69) is 45.5 Å². The summed E-state index contributed by atoms with van der Waals surface area (Å²) in [6.45, 7) is 1.17. The van der Waals surface area contributed by atoms with Crippen LogP contribution in [0.25, 0.3) is 0 Å². The highest BCUT2D eigenvalue weighted by Gasteiger charge is 2.13. The van der Waals surface area contributed by atoms with Crippen LogP contribution < -0.4 is 5.32 Å². The van der Waals surface area contributed by atoms with E-state index in [0.29, 0.717) is 6.04 Å². The van der Waals surface area contributed by atoms with Gasteiger partial charge in [-0.2, -0.15) is 0 Å². The lowest BCUT2D eigenvalue weighted by molar-refractivity contribution is 0.412. The third-order valence-corrected chi connectivity index (χ3v) is 3.11. The van der Waals surface area contributed by atoms with Crippen LogP contribution in [0.5, 0.6) is 0 Å². The molecule has 0 aliphatic carbocycles. The Morgan fingerprint density at radius 1 is 1.15 bits per heavy atom. The van der Waals surface area contributed by atoms with Gasteiger partial charge in [0.05, 0.1) is 0 Å². The van der Waals surface area contributed by atoms with Crippen molar-refractivity contribution in [3.63, 3.8) is 0 Å². The molecule has 1 aliphatic rings. The summed E-state index contributed by atoms with van der Waals surface area (Å²) in [4.78, 5) is 0. The van der Waals surface area contributed by atoms with Crippen molar-refractivity contribution in [1.82, 2.24) is 5.32 Å². The van der Waals surface area contributed by atoms with E-state index in [-0.39, 0.29) is 0 Å². The molecule has 0 unspecified atom stereocenters. The Labute approximate surface area is 87.7 Å². The molecule has 1 saturated heterocycles. The van der Waals surface area contributed by atoms with Crippen LogP contribution in [-0.4, -0.2) is 6.54 Å². The van der Waals surface area contributed by atoms with E-state index < -0.39 is 0 Å². The number of hydrogen-bond donors (Lipinski definition) is 1. The summed E-state index contributed by atoms with van der Waals surface area (Å²) in [7, 11) is 0. The minimum atomic E-state index is 0.585. The summed E-state index contributed by atoms with van der Waals surface area (Å²) in [5.41, 5.74) is 1.42. The Bertz CT molecular complexity index is 262. The molecule has 1 aromatic rings. The molecule has 0 bridgehead atoms. The molecule has 0 amide bonds. The largest absolute Gasteiger partial charge is 0.310 e. The third kappa shape index (κ3) is 2.32. The summed E-state index contributed by atoms with van der Waals surface area (Å²) < 4.78 is 1.16. The molecule has 1 N–H and O–H groups in total. The molecule has 1 atom stereocenters. The Morgan fingerprint density at radius 2 is 1.92 bits per heavy atom. The highest BCUT2D eigenvalue weighted by molar-refractivity contribution is 9.10. The predicted octanol–water partition coefficient (Wildman–Crippen LogP) is 3.26. The molecule has 2 rings (SSSR count). The van der Waals surface area contributed by atoms with Gasteiger partial charge in [0.15, 0.2) is 0 Å². The quantitative estimate of drug-likeness (QED) is 0.794. The topological polar surface area (TPSA) is 12.0 Å². The number of benzene rings is 1. The van der Waals surface area contributed by atoms with Gasteiger partial charge in [0.25, 0.3) is 0 Å². The van der Waals surface area contributed by atoms with Crippen LogP contribution in [0.4, 0.5) is 0 Å². The zero-order chi connectivity index (χ0) is 9.10. The van der Waals surface area contributed by atoms with Crippen LogP contribution in [0.1, 0.15) is 30.9 Å². The van der Waals surface area contributed by atoms with Crippen molar-refractivity contribution in [3.8, 4) is 0 Å². The molecule has 2 heteroatoms. The van der Waals surface area contributed by atoms with E-state index in [0.717, 1.165) is 4.47 Å². The first kappa shape index (κ1) is 9.22. The van der Waals surface area contributed by atoms with Gasteiger partial charge in [-0.3, -0.25) is 0 Å². The molecule has 0 spiro atoms. The van der Waals surface area contributed by atoms with Crippen LogP contribution >= 0.6 is 15.9 Å². The van der Waals surface area contributed by atoms with E-state index in [4.69, 9.17) is 0 Å². The Morgan fingerprint density at radius 3 is 2.54 bits per heavy atom. The van der Waals surface area contributed by atoms with Crippen molar-refractivity contribution in [3.05, 3.63) is 34.3 Å². The molecular formula is C11H14BrN.